The van der Waals surface area contributed by atoms with Crippen LogP contribution in [0.2, 0.25) is 0 Å². The summed E-state index contributed by atoms with van der Waals surface area (Å²) in [5.74, 6) is 1.60. The van der Waals surface area contributed by atoms with Crippen molar-refractivity contribution in [2.75, 3.05) is 46.0 Å². The maximum Gasteiger partial charge on any atom is 0.191 e. The van der Waals surface area contributed by atoms with Gasteiger partial charge in [0, 0.05) is 74.2 Å². The molecule has 0 spiro atoms. The Hall–Kier alpha value is -0.710. The third kappa shape index (κ3) is 8.63. The third-order valence-electron chi connectivity index (χ3n) is 6.33. The van der Waals surface area contributed by atoms with E-state index in [-0.39, 0.29) is 24.0 Å². The molecule has 176 valence electrons. The van der Waals surface area contributed by atoms with Crippen molar-refractivity contribution in [2.45, 2.75) is 57.0 Å². The van der Waals surface area contributed by atoms with Crippen molar-refractivity contribution < 1.29 is 4.21 Å². The standard InChI is InChI=1S/C23H39N5OS.HI/c1-4-30(29)22-7-5-6-21(16-22)26-23(24-2)25-17-19-8-10-20(11-9-19)18-28-14-12-27(3)13-15-28;/h8-11,21-22H,4-7,12-18H2,1-3H3,(H2,24,25,26);1H. The molecule has 1 saturated carbocycles. The highest BCUT2D eigenvalue weighted by molar-refractivity contribution is 14.0. The summed E-state index contributed by atoms with van der Waals surface area (Å²) in [5, 5.41) is 7.32. The summed E-state index contributed by atoms with van der Waals surface area (Å²) >= 11 is 0. The SMILES string of the molecule is CCS(=O)C1CCCC(NC(=NC)NCc2ccc(CN3CCN(C)CC3)cc2)C1.I. The van der Waals surface area contributed by atoms with Gasteiger partial charge in [-0.1, -0.05) is 37.6 Å². The zero-order valence-corrected chi connectivity index (χ0v) is 22.5. The molecule has 1 aromatic carbocycles. The van der Waals surface area contributed by atoms with Gasteiger partial charge >= 0.3 is 0 Å². The Balaban J connectivity index is 0.00000341. The number of benzene rings is 1. The number of guanidine groups is 1. The van der Waals surface area contributed by atoms with Gasteiger partial charge < -0.3 is 15.5 Å². The van der Waals surface area contributed by atoms with E-state index in [0.717, 1.165) is 76.7 Å². The van der Waals surface area contributed by atoms with Gasteiger partial charge in [-0.05, 0) is 37.4 Å². The predicted octanol–water partition coefficient (Wildman–Crippen LogP) is 2.80. The zero-order chi connectivity index (χ0) is 21.3. The highest BCUT2D eigenvalue weighted by Crippen LogP contribution is 2.23. The summed E-state index contributed by atoms with van der Waals surface area (Å²) < 4.78 is 12.2. The van der Waals surface area contributed by atoms with Gasteiger partial charge in [0.15, 0.2) is 5.96 Å². The molecule has 1 aliphatic carbocycles. The molecule has 1 heterocycles. The third-order valence-corrected chi connectivity index (χ3v) is 8.07. The molecule has 0 aromatic heterocycles. The zero-order valence-electron chi connectivity index (χ0n) is 19.3. The van der Waals surface area contributed by atoms with Gasteiger partial charge in [0.1, 0.15) is 0 Å². The molecule has 2 fully saturated rings. The fraction of sp³-hybridized carbons (Fsp3) is 0.696. The highest BCUT2D eigenvalue weighted by atomic mass is 127. The lowest BCUT2D eigenvalue weighted by molar-refractivity contribution is 0.148. The first-order chi connectivity index (χ1) is 14.6. The van der Waals surface area contributed by atoms with E-state index < -0.39 is 10.8 Å². The van der Waals surface area contributed by atoms with Crippen LogP contribution in [-0.2, 0) is 23.9 Å². The molecule has 31 heavy (non-hydrogen) atoms. The van der Waals surface area contributed by atoms with Crippen molar-refractivity contribution in [1.29, 1.82) is 0 Å². The number of likely N-dealkylation sites (N-methyl/N-ethyl adjacent to an activating group) is 1. The summed E-state index contributed by atoms with van der Waals surface area (Å²) in [6, 6.07) is 9.28. The van der Waals surface area contributed by atoms with Gasteiger partial charge in [-0.15, -0.1) is 24.0 Å². The smallest absolute Gasteiger partial charge is 0.191 e. The van der Waals surface area contributed by atoms with Crippen LogP contribution in [0.15, 0.2) is 29.3 Å². The van der Waals surface area contributed by atoms with E-state index >= 15 is 0 Å². The van der Waals surface area contributed by atoms with E-state index in [2.05, 4.69) is 56.7 Å². The molecule has 2 N–H and O–H groups in total. The average molecular weight is 562 g/mol. The van der Waals surface area contributed by atoms with Crippen molar-refractivity contribution in [1.82, 2.24) is 20.4 Å². The van der Waals surface area contributed by atoms with Crippen LogP contribution >= 0.6 is 24.0 Å². The molecule has 3 unspecified atom stereocenters. The topological polar surface area (TPSA) is 60.0 Å². The summed E-state index contributed by atoms with van der Waals surface area (Å²) in [4.78, 5) is 9.32. The number of nitrogens with zero attached hydrogens (tertiary/aromatic N) is 3. The minimum absolute atomic E-state index is 0. The first-order valence-electron chi connectivity index (χ1n) is 11.4. The van der Waals surface area contributed by atoms with E-state index in [4.69, 9.17) is 0 Å². The summed E-state index contributed by atoms with van der Waals surface area (Å²) in [5.41, 5.74) is 2.64. The maximum absolute atomic E-state index is 12.2. The quantitative estimate of drug-likeness (QED) is 0.305. The number of rotatable bonds is 7. The van der Waals surface area contributed by atoms with Crippen LogP contribution in [0.25, 0.3) is 0 Å². The van der Waals surface area contributed by atoms with E-state index in [1.165, 1.54) is 11.1 Å². The number of hydrogen-bond donors (Lipinski definition) is 2. The van der Waals surface area contributed by atoms with Gasteiger partial charge in [-0.3, -0.25) is 14.1 Å². The van der Waals surface area contributed by atoms with Gasteiger partial charge in [0.25, 0.3) is 0 Å². The van der Waals surface area contributed by atoms with Gasteiger partial charge in [0.2, 0.25) is 0 Å². The number of aliphatic imine (C=N–C) groups is 1. The van der Waals surface area contributed by atoms with E-state index in [1.807, 2.05) is 14.0 Å². The molecule has 8 heteroatoms. The second-order valence-corrected chi connectivity index (χ2v) is 10.6. The van der Waals surface area contributed by atoms with Gasteiger partial charge in [-0.2, -0.15) is 0 Å². The predicted molar refractivity (Wildman–Crippen MR) is 143 cm³/mol. The van der Waals surface area contributed by atoms with Crippen molar-refractivity contribution in [2.24, 2.45) is 4.99 Å². The molecule has 0 radical (unpaired) electrons. The lowest BCUT2D eigenvalue weighted by Crippen LogP contribution is -2.46. The Labute approximate surface area is 208 Å². The molecule has 2 aliphatic rings. The molecule has 6 nitrogen and oxygen atoms in total. The number of hydrogen-bond acceptors (Lipinski definition) is 4. The van der Waals surface area contributed by atoms with E-state index in [0.29, 0.717) is 11.3 Å². The minimum atomic E-state index is -0.698. The Bertz CT molecular complexity index is 706. The molecule has 0 amide bonds. The monoisotopic (exact) mass is 561 g/mol. The van der Waals surface area contributed by atoms with Gasteiger partial charge in [0.05, 0.1) is 0 Å². The second kappa shape index (κ2) is 13.7. The molecule has 3 atom stereocenters. The molecule has 1 saturated heterocycles. The van der Waals surface area contributed by atoms with Crippen molar-refractivity contribution in [3.8, 4) is 0 Å². The summed E-state index contributed by atoms with van der Waals surface area (Å²) in [7, 11) is 3.32. The first-order valence-corrected chi connectivity index (χ1v) is 12.8. The summed E-state index contributed by atoms with van der Waals surface area (Å²) in [6.07, 6.45) is 4.33. The minimum Gasteiger partial charge on any atom is -0.354 e. The first kappa shape index (κ1) is 26.5. The number of nitrogens with one attached hydrogen (secondary N) is 2. The molecular formula is C23H40IN5OS. The fourth-order valence-corrected chi connectivity index (χ4v) is 5.70. The van der Waals surface area contributed by atoms with Crippen LogP contribution in [0, 0.1) is 0 Å². The van der Waals surface area contributed by atoms with Crippen LogP contribution < -0.4 is 10.6 Å². The number of halogens is 1. The maximum atomic E-state index is 12.2. The molecule has 0 bridgehead atoms. The van der Waals surface area contributed by atoms with E-state index in [1.54, 1.807) is 0 Å². The second-order valence-electron chi connectivity index (χ2n) is 8.62. The highest BCUT2D eigenvalue weighted by Gasteiger charge is 2.26. The van der Waals surface area contributed by atoms with Crippen LogP contribution in [0.5, 0.6) is 0 Å². The molecular weight excluding hydrogens is 521 g/mol. The Kier molecular flexibility index (Phi) is 11.8. The van der Waals surface area contributed by atoms with Crippen molar-refractivity contribution in [3.63, 3.8) is 0 Å². The largest absolute Gasteiger partial charge is 0.354 e. The van der Waals surface area contributed by atoms with Crippen LogP contribution in [0.3, 0.4) is 0 Å². The average Bonchev–Trinajstić information content (AvgIpc) is 2.78. The Morgan fingerprint density at radius 1 is 1.13 bits per heavy atom. The Morgan fingerprint density at radius 3 is 2.45 bits per heavy atom. The lowest BCUT2D eigenvalue weighted by Gasteiger charge is -2.32. The van der Waals surface area contributed by atoms with E-state index in [9.17, 15) is 4.21 Å². The van der Waals surface area contributed by atoms with Gasteiger partial charge in [-0.25, -0.2) is 0 Å². The van der Waals surface area contributed by atoms with Crippen molar-refractivity contribution >= 4 is 40.7 Å². The molecule has 1 aromatic rings. The summed E-state index contributed by atoms with van der Waals surface area (Å²) in [6.45, 7) is 8.42. The fourth-order valence-electron chi connectivity index (χ4n) is 4.35. The molecule has 1 aliphatic heterocycles. The molecule has 3 rings (SSSR count). The Morgan fingerprint density at radius 2 is 1.81 bits per heavy atom. The number of piperazine rings is 1. The lowest BCUT2D eigenvalue weighted by atomic mass is 9.95. The van der Waals surface area contributed by atoms with Crippen LogP contribution in [0.4, 0.5) is 0 Å². The van der Waals surface area contributed by atoms with Crippen LogP contribution in [0.1, 0.15) is 43.7 Å². The van der Waals surface area contributed by atoms with Crippen LogP contribution in [-0.4, -0.2) is 77.3 Å². The normalized spacial score (nSPS) is 24.3. The van der Waals surface area contributed by atoms with Crippen molar-refractivity contribution in [3.05, 3.63) is 35.4 Å².